The maximum atomic E-state index is 11.8. The molecule has 1 aliphatic rings. The molecule has 1 fully saturated rings. The van der Waals surface area contributed by atoms with E-state index in [1.165, 1.54) is 5.56 Å². The maximum absolute atomic E-state index is 11.8. The Balaban J connectivity index is 1.89. The van der Waals surface area contributed by atoms with Crippen LogP contribution in [0.3, 0.4) is 0 Å². The van der Waals surface area contributed by atoms with Crippen LogP contribution in [0.25, 0.3) is 0 Å². The van der Waals surface area contributed by atoms with Crippen molar-refractivity contribution >= 4 is 5.91 Å². The second-order valence-corrected chi connectivity index (χ2v) is 5.66. The number of piperidine rings is 1. The molecule has 2 atom stereocenters. The normalized spacial score (nSPS) is 23.1. The SMILES string of the molecule is CCC(=O)N1CC[C@H](NCc2occc2C)[C@@H](CC)C1. The summed E-state index contributed by atoms with van der Waals surface area (Å²) in [5.74, 6) is 1.84. The molecule has 20 heavy (non-hydrogen) atoms. The van der Waals surface area contributed by atoms with Gasteiger partial charge >= 0.3 is 0 Å². The van der Waals surface area contributed by atoms with Gasteiger partial charge in [0.25, 0.3) is 0 Å². The van der Waals surface area contributed by atoms with Crippen LogP contribution in [-0.4, -0.2) is 29.9 Å². The Hall–Kier alpha value is -1.29. The summed E-state index contributed by atoms with van der Waals surface area (Å²) in [5.41, 5.74) is 1.20. The van der Waals surface area contributed by atoms with Crippen LogP contribution in [0.1, 0.15) is 44.4 Å². The number of nitrogens with one attached hydrogen (secondary N) is 1. The molecule has 0 spiro atoms. The van der Waals surface area contributed by atoms with Gasteiger partial charge in [-0.25, -0.2) is 0 Å². The van der Waals surface area contributed by atoms with Gasteiger partial charge < -0.3 is 14.6 Å². The third-order valence-electron chi connectivity index (χ3n) is 4.41. The van der Waals surface area contributed by atoms with Gasteiger partial charge in [-0.3, -0.25) is 4.79 Å². The van der Waals surface area contributed by atoms with Crippen molar-refractivity contribution in [1.29, 1.82) is 0 Å². The van der Waals surface area contributed by atoms with Crippen molar-refractivity contribution in [2.75, 3.05) is 13.1 Å². The number of likely N-dealkylation sites (tertiary alicyclic amines) is 1. The number of hydrogen-bond acceptors (Lipinski definition) is 3. The van der Waals surface area contributed by atoms with E-state index in [1.807, 2.05) is 17.9 Å². The third-order valence-corrected chi connectivity index (χ3v) is 4.41. The first-order valence-electron chi connectivity index (χ1n) is 7.69. The molecule has 1 aromatic heterocycles. The molecule has 0 unspecified atom stereocenters. The summed E-state index contributed by atoms with van der Waals surface area (Å²) in [5, 5.41) is 3.61. The van der Waals surface area contributed by atoms with E-state index in [0.29, 0.717) is 18.4 Å². The quantitative estimate of drug-likeness (QED) is 0.900. The molecule has 1 saturated heterocycles. The van der Waals surface area contributed by atoms with Gasteiger partial charge in [-0.1, -0.05) is 20.3 Å². The predicted molar refractivity (Wildman–Crippen MR) is 79.3 cm³/mol. The van der Waals surface area contributed by atoms with Crippen LogP contribution in [0, 0.1) is 12.8 Å². The topological polar surface area (TPSA) is 45.5 Å². The van der Waals surface area contributed by atoms with Gasteiger partial charge in [-0.15, -0.1) is 0 Å². The second kappa shape index (κ2) is 6.93. The zero-order valence-electron chi connectivity index (χ0n) is 12.8. The molecule has 0 aliphatic carbocycles. The van der Waals surface area contributed by atoms with Crippen molar-refractivity contribution in [3.63, 3.8) is 0 Å². The van der Waals surface area contributed by atoms with Crippen LogP contribution in [-0.2, 0) is 11.3 Å². The Labute approximate surface area is 121 Å². The van der Waals surface area contributed by atoms with E-state index in [2.05, 4.69) is 19.2 Å². The minimum absolute atomic E-state index is 0.281. The van der Waals surface area contributed by atoms with E-state index in [0.717, 1.165) is 38.2 Å². The van der Waals surface area contributed by atoms with Crippen molar-refractivity contribution in [3.05, 3.63) is 23.7 Å². The van der Waals surface area contributed by atoms with E-state index < -0.39 is 0 Å². The van der Waals surface area contributed by atoms with Crippen LogP contribution >= 0.6 is 0 Å². The van der Waals surface area contributed by atoms with Crippen LogP contribution in [0.5, 0.6) is 0 Å². The number of aryl methyl sites for hydroxylation is 1. The Morgan fingerprint density at radius 2 is 2.30 bits per heavy atom. The summed E-state index contributed by atoms with van der Waals surface area (Å²) in [4.78, 5) is 13.8. The van der Waals surface area contributed by atoms with E-state index in [4.69, 9.17) is 4.42 Å². The molecule has 0 saturated carbocycles. The number of carbonyl (C=O) groups excluding carboxylic acids is 1. The molecule has 4 nitrogen and oxygen atoms in total. The number of rotatable bonds is 5. The Morgan fingerprint density at radius 3 is 2.90 bits per heavy atom. The van der Waals surface area contributed by atoms with E-state index in [-0.39, 0.29) is 5.91 Å². The van der Waals surface area contributed by atoms with Gasteiger partial charge in [0.1, 0.15) is 5.76 Å². The lowest BCUT2D eigenvalue weighted by Crippen LogP contribution is -2.50. The van der Waals surface area contributed by atoms with Gasteiger partial charge in [0.2, 0.25) is 5.91 Å². The summed E-state index contributed by atoms with van der Waals surface area (Å²) in [6, 6.07) is 2.47. The highest BCUT2D eigenvalue weighted by atomic mass is 16.3. The smallest absolute Gasteiger partial charge is 0.222 e. The lowest BCUT2D eigenvalue weighted by Gasteiger charge is -2.38. The first-order valence-corrected chi connectivity index (χ1v) is 7.69. The fraction of sp³-hybridized carbons (Fsp3) is 0.688. The zero-order chi connectivity index (χ0) is 14.5. The summed E-state index contributed by atoms with van der Waals surface area (Å²) in [6.45, 7) is 8.75. The van der Waals surface area contributed by atoms with E-state index >= 15 is 0 Å². The van der Waals surface area contributed by atoms with Gasteiger partial charge in [0.05, 0.1) is 12.8 Å². The lowest BCUT2D eigenvalue weighted by molar-refractivity contribution is -0.133. The molecule has 112 valence electrons. The summed E-state index contributed by atoms with van der Waals surface area (Å²) >= 11 is 0. The average molecular weight is 278 g/mol. The van der Waals surface area contributed by atoms with Crippen molar-refractivity contribution in [1.82, 2.24) is 10.2 Å². The molecule has 2 heterocycles. The molecule has 1 aliphatic heterocycles. The van der Waals surface area contributed by atoms with Crippen LogP contribution < -0.4 is 5.32 Å². The van der Waals surface area contributed by atoms with Crippen molar-refractivity contribution in [2.24, 2.45) is 5.92 Å². The maximum Gasteiger partial charge on any atom is 0.222 e. The fourth-order valence-corrected chi connectivity index (χ4v) is 2.97. The molecule has 2 rings (SSSR count). The molecule has 1 aromatic rings. The fourth-order valence-electron chi connectivity index (χ4n) is 2.97. The molecule has 1 amide bonds. The highest BCUT2D eigenvalue weighted by Gasteiger charge is 2.29. The first kappa shape index (κ1) is 15.1. The number of nitrogens with zero attached hydrogens (tertiary/aromatic N) is 1. The van der Waals surface area contributed by atoms with Crippen molar-refractivity contribution in [2.45, 2.75) is 52.6 Å². The van der Waals surface area contributed by atoms with E-state index in [9.17, 15) is 4.79 Å². The minimum atomic E-state index is 0.281. The monoisotopic (exact) mass is 278 g/mol. The highest BCUT2D eigenvalue weighted by Crippen LogP contribution is 2.21. The van der Waals surface area contributed by atoms with Crippen LogP contribution in [0.2, 0.25) is 0 Å². The second-order valence-electron chi connectivity index (χ2n) is 5.66. The van der Waals surface area contributed by atoms with Crippen molar-refractivity contribution < 1.29 is 9.21 Å². The van der Waals surface area contributed by atoms with Gasteiger partial charge in [0, 0.05) is 25.6 Å². The standard InChI is InChI=1S/C16H26N2O2/c1-4-13-11-18(16(19)5-2)8-6-14(13)17-10-15-12(3)7-9-20-15/h7,9,13-14,17H,4-6,8,10-11H2,1-3H3/t13-,14-/m0/s1. The zero-order valence-corrected chi connectivity index (χ0v) is 12.8. The van der Waals surface area contributed by atoms with E-state index in [1.54, 1.807) is 6.26 Å². The van der Waals surface area contributed by atoms with Gasteiger partial charge in [-0.05, 0) is 30.9 Å². The van der Waals surface area contributed by atoms with Crippen molar-refractivity contribution in [3.8, 4) is 0 Å². The third kappa shape index (κ3) is 3.42. The molecule has 0 radical (unpaired) electrons. The Kier molecular flexibility index (Phi) is 5.24. The largest absolute Gasteiger partial charge is 0.468 e. The Bertz CT molecular complexity index is 441. The Morgan fingerprint density at radius 1 is 1.50 bits per heavy atom. The van der Waals surface area contributed by atoms with Crippen LogP contribution in [0.4, 0.5) is 0 Å². The molecular formula is C16H26N2O2. The number of furan rings is 1. The van der Waals surface area contributed by atoms with Gasteiger partial charge in [0.15, 0.2) is 0 Å². The lowest BCUT2D eigenvalue weighted by atomic mass is 9.89. The predicted octanol–water partition coefficient (Wildman–Crippen LogP) is 2.71. The number of amides is 1. The molecular weight excluding hydrogens is 252 g/mol. The minimum Gasteiger partial charge on any atom is -0.468 e. The first-order chi connectivity index (χ1) is 9.65. The molecule has 0 bridgehead atoms. The van der Waals surface area contributed by atoms with Gasteiger partial charge in [-0.2, -0.15) is 0 Å². The summed E-state index contributed by atoms with van der Waals surface area (Å²) < 4.78 is 5.47. The number of carbonyl (C=O) groups is 1. The summed E-state index contributed by atoms with van der Waals surface area (Å²) in [7, 11) is 0. The van der Waals surface area contributed by atoms with Crippen LogP contribution in [0.15, 0.2) is 16.7 Å². The number of hydrogen-bond donors (Lipinski definition) is 1. The average Bonchev–Trinajstić information content (AvgIpc) is 2.89. The highest BCUT2D eigenvalue weighted by molar-refractivity contribution is 5.75. The summed E-state index contributed by atoms with van der Waals surface area (Å²) in [6.07, 6.45) is 4.48. The molecule has 4 heteroatoms. The molecule has 0 aromatic carbocycles. The molecule has 1 N–H and O–H groups in total.